The lowest BCUT2D eigenvalue weighted by molar-refractivity contribution is 0.395. The van der Waals surface area contributed by atoms with Crippen molar-refractivity contribution in [3.05, 3.63) is 54.6 Å². The van der Waals surface area contributed by atoms with E-state index in [0.29, 0.717) is 40.6 Å². The van der Waals surface area contributed by atoms with Crippen molar-refractivity contribution >= 4 is 38.4 Å². The van der Waals surface area contributed by atoms with E-state index >= 15 is 0 Å². The van der Waals surface area contributed by atoms with Gasteiger partial charge < -0.3 is 25.0 Å². The summed E-state index contributed by atoms with van der Waals surface area (Å²) in [7, 11) is 2.89. The highest BCUT2D eigenvalue weighted by molar-refractivity contribution is 7.89. The third-order valence-corrected chi connectivity index (χ3v) is 6.38. The highest BCUT2D eigenvalue weighted by atomic mass is 32.2. The Morgan fingerprint density at radius 1 is 0.892 bits per heavy atom. The van der Waals surface area contributed by atoms with E-state index in [2.05, 4.69) is 15.6 Å². The molecule has 0 saturated heterocycles. The van der Waals surface area contributed by atoms with Crippen LogP contribution in [0.3, 0.4) is 0 Å². The Kier molecular flexibility index (Phi) is 7.71. The zero-order chi connectivity index (χ0) is 26.6. The van der Waals surface area contributed by atoms with Crippen LogP contribution in [0, 0.1) is 0 Å². The number of pyridine rings is 1. The summed E-state index contributed by atoms with van der Waals surface area (Å²) in [6.45, 7) is 1.36. The van der Waals surface area contributed by atoms with Crippen LogP contribution in [0.5, 0.6) is 11.5 Å². The lowest BCUT2D eigenvalue weighted by Crippen LogP contribution is -2.21. The first-order chi connectivity index (χ1) is 17.7. The molecule has 0 bridgehead atoms. The summed E-state index contributed by atoms with van der Waals surface area (Å²) in [6, 6.07) is 15.5. The van der Waals surface area contributed by atoms with Crippen molar-refractivity contribution in [3.63, 3.8) is 0 Å². The summed E-state index contributed by atoms with van der Waals surface area (Å²) in [4.78, 5) is 15.9. The van der Waals surface area contributed by atoms with Crippen molar-refractivity contribution in [2.24, 2.45) is 5.14 Å². The molecule has 37 heavy (non-hydrogen) atoms. The second-order valence-corrected chi connectivity index (χ2v) is 9.98. The fourth-order valence-corrected chi connectivity index (χ4v) is 4.29. The fourth-order valence-electron chi connectivity index (χ4n) is 3.62. The van der Waals surface area contributed by atoms with Gasteiger partial charge in [0.1, 0.15) is 33.6 Å². The minimum absolute atomic E-state index is 0.0768. The van der Waals surface area contributed by atoms with Gasteiger partial charge in [-0.25, -0.2) is 28.5 Å². The number of rotatable bonds is 10. The van der Waals surface area contributed by atoms with Crippen molar-refractivity contribution < 1.29 is 17.9 Å². The van der Waals surface area contributed by atoms with Crippen LogP contribution < -0.4 is 25.2 Å². The molecule has 0 unspecified atom stereocenters. The third-order valence-electron chi connectivity index (χ3n) is 5.44. The van der Waals surface area contributed by atoms with Crippen LogP contribution in [-0.2, 0) is 10.0 Å². The first kappa shape index (κ1) is 26.1. The van der Waals surface area contributed by atoms with Crippen LogP contribution in [0.25, 0.3) is 22.4 Å². The first-order valence-corrected chi connectivity index (χ1v) is 12.9. The van der Waals surface area contributed by atoms with Gasteiger partial charge in [0.25, 0.3) is 0 Å². The summed E-state index contributed by atoms with van der Waals surface area (Å²) < 4.78 is 35.9. The van der Waals surface area contributed by atoms with Crippen molar-refractivity contribution in [1.82, 2.24) is 19.9 Å². The molecule has 11 nitrogen and oxygen atoms in total. The number of nitrogens with two attached hydrogens (primary N) is 1. The first-order valence-electron chi connectivity index (χ1n) is 11.4. The van der Waals surface area contributed by atoms with Crippen molar-refractivity contribution in [1.29, 1.82) is 0 Å². The number of para-hydroxylation sites is 2. The second-order valence-electron chi connectivity index (χ2n) is 8.45. The fraction of sp³-hybridized carbons (Fsp3) is 0.240. The maximum atomic E-state index is 12.6. The van der Waals surface area contributed by atoms with Crippen LogP contribution in [-0.4, -0.2) is 69.7 Å². The quantitative estimate of drug-likeness (QED) is 0.284. The highest BCUT2D eigenvalue weighted by Crippen LogP contribution is 2.34. The number of fused-ring (bicyclic) bond motifs is 1. The number of likely N-dealkylation sites (N-methyl/N-ethyl adjacent to an activating group) is 1. The van der Waals surface area contributed by atoms with Gasteiger partial charge in [0.15, 0.2) is 5.82 Å². The predicted molar refractivity (Wildman–Crippen MR) is 144 cm³/mol. The molecular weight excluding hydrogens is 494 g/mol. The Morgan fingerprint density at radius 2 is 1.54 bits per heavy atom. The van der Waals surface area contributed by atoms with E-state index in [1.165, 1.54) is 6.07 Å². The van der Waals surface area contributed by atoms with Gasteiger partial charge in [0, 0.05) is 37.0 Å². The number of hydrogen-bond acceptors (Lipinski definition) is 10. The Bertz CT molecular complexity index is 1510. The molecule has 0 radical (unpaired) electrons. The van der Waals surface area contributed by atoms with Gasteiger partial charge in [-0.05, 0) is 38.4 Å². The molecule has 2 aromatic heterocycles. The number of hydrogen-bond donors (Lipinski definition) is 3. The van der Waals surface area contributed by atoms with Gasteiger partial charge in [-0.1, -0.05) is 12.1 Å². The lowest BCUT2D eigenvalue weighted by atomic mass is 10.2. The van der Waals surface area contributed by atoms with Gasteiger partial charge in [-0.15, -0.1) is 0 Å². The number of primary sulfonamides is 1. The normalized spacial score (nSPS) is 11.5. The molecule has 2 aromatic carbocycles. The number of aromatic nitrogens is 3. The summed E-state index contributed by atoms with van der Waals surface area (Å²) >= 11 is 0. The molecule has 0 aliphatic carbocycles. The van der Waals surface area contributed by atoms with Gasteiger partial charge in [-0.2, -0.15) is 0 Å². The standard InChI is InChI=1S/C25H29N7O4S/c1-32(2)12-11-27-22-10-9-21(37(26,33)34)23(31-22)24-25(30-20-8-6-5-7-19(20)29-24)28-16-13-17(35-3)15-18(14-16)36-4/h5-10,13-15H,11-12H2,1-4H3,(H,27,31)(H,28,30)(H2,26,33,34). The topological polar surface area (TPSA) is 145 Å². The molecule has 4 N–H and O–H groups in total. The van der Waals surface area contributed by atoms with Crippen LogP contribution in [0.15, 0.2) is 59.5 Å². The molecule has 2 heterocycles. The molecule has 4 aromatic rings. The van der Waals surface area contributed by atoms with E-state index in [1.54, 1.807) is 44.6 Å². The zero-order valence-electron chi connectivity index (χ0n) is 21.0. The number of ether oxygens (including phenoxy) is 2. The van der Waals surface area contributed by atoms with Gasteiger partial charge >= 0.3 is 0 Å². The molecule has 194 valence electrons. The number of nitrogens with zero attached hydrogens (tertiary/aromatic N) is 4. The lowest BCUT2D eigenvalue weighted by Gasteiger charge is -2.16. The summed E-state index contributed by atoms with van der Waals surface area (Å²) in [5, 5.41) is 12.0. The third kappa shape index (κ3) is 6.23. The Labute approximate surface area is 215 Å². The predicted octanol–water partition coefficient (Wildman–Crippen LogP) is 3.07. The molecule has 0 amide bonds. The van der Waals surface area contributed by atoms with Crippen LogP contribution >= 0.6 is 0 Å². The second kappa shape index (κ2) is 10.9. The maximum Gasteiger partial charge on any atom is 0.240 e. The SMILES string of the molecule is COc1cc(Nc2nc3ccccc3nc2-c2nc(NCCN(C)C)ccc2S(N)(=O)=O)cc(OC)c1. The van der Waals surface area contributed by atoms with Gasteiger partial charge in [0.2, 0.25) is 10.0 Å². The van der Waals surface area contributed by atoms with Crippen molar-refractivity contribution in [2.75, 3.05) is 52.0 Å². The number of sulfonamides is 1. The smallest absolute Gasteiger partial charge is 0.240 e. The Morgan fingerprint density at radius 3 is 2.14 bits per heavy atom. The van der Waals surface area contributed by atoms with Gasteiger partial charge in [-0.3, -0.25) is 0 Å². The van der Waals surface area contributed by atoms with Crippen molar-refractivity contribution in [2.45, 2.75) is 4.90 Å². The number of methoxy groups -OCH3 is 2. The van der Waals surface area contributed by atoms with E-state index in [4.69, 9.17) is 24.6 Å². The van der Waals surface area contributed by atoms with Crippen LogP contribution in [0.2, 0.25) is 0 Å². The van der Waals surface area contributed by atoms with E-state index in [0.717, 1.165) is 6.54 Å². The molecule has 0 saturated carbocycles. The minimum Gasteiger partial charge on any atom is -0.497 e. The molecule has 0 spiro atoms. The number of nitrogens with one attached hydrogen (secondary N) is 2. The maximum absolute atomic E-state index is 12.6. The zero-order valence-corrected chi connectivity index (χ0v) is 21.8. The van der Waals surface area contributed by atoms with E-state index in [-0.39, 0.29) is 22.1 Å². The molecule has 0 aliphatic rings. The largest absolute Gasteiger partial charge is 0.497 e. The number of benzene rings is 2. The van der Waals surface area contributed by atoms with E-state index < -0.39 is 10.0 Å². The van der Waals surface area contributed by atoms with Crippen molar-refractivity contribution in [3.8, 4) is 22.9 Å². The Balaban J connectivity index is 1.90. The summed E-state index contributed by atoms with van der Waals surface area (Å²) in [5.74, 6) is 1.89. The molecule has 4 rings (SSSR count). The van der Waals surface area contributed by atoms with E-state index in [9.17, 15) is 8.42 Å². The Hall–Kier alpha value is -4.00. The van der Waals surface area contributed by atoms with E-state index in [1.807, 2.05) is 37.2 Å². The monoisotopic (exact) mass is 523 g/mol. The van der Waals surface area contributed by atoms with Crippen LogP contribution in [0.4, 0.5) is 17.3 Å². The molecule has 0 aliphatic heterocycles. The average Bonchev–Trinajstić information content (AvgIpc) is 2.87. The number of anilines is 3. The molecule has 0 atom stereocenters. The summed E-state index contributed by atoms with van der Waals surface area (Å²) in [5.41, 5.74) is 2.08. The molecule has 12 heteroatoms. The van der Waals surface area contributed by atoms with Crippen LogP contribution in [0.1, 0.15) is 0 Å². The summed E-state index contributed by atoms with van der Waals surface area (Å²) in [6.07, 6.45) is 0. The molecule has 0 fully saturated rings. The highest BCUT2D eigenvalue weighted by Gasteiger charge is 2.23. The average molecular weight is 524 g/mol. The minimum atomic E-state index is -4.13. The molecular formula is C25H29N7O4S. The van der Waals surface area contributed by atoms with Gasteiger partial charge in [0.05, 0.1) is 25.3 Å².